The number of aromatic carboxylic acids is 1. The number of rotatable bonds is 3. The Morgan fingerprint density at radius 3 is 2.82 bits per heavy atom. The van der Waals surface area contributed by atoms with E-state index in [9.17, 15) is 9.90 Å². The summed E-state index contributed by atoms with van der Waals surface area (Å²) in [4.78, 5) is 15.5. The van der Waals surface area contributed by atoms with Gasteiger partial charge in [-0.3, -0.25) is 4.40 Å². The van der Waals surface area contributed by atoms with E-state index < -0.39 is 5.97 Å². The zero-order chi connectivity index (χ0) is 15.7. The summed E-state index contributed by atoms with van der Waals surface area (Å²) in [5.74, 6) is -0.933. The first kappa shape index (κ1) is 14.4. The second kappa shape index (κ2) is 5.69. The van der Waals surface area contributed by atoms with Crippen LogP contribution in [0.25, 0.3) is 5.65 Å². The van der Waals surface area contributed by atoms with Crippen LogP contribution in [0.4, 0.5) is 11.5 Å². The molecule has 0 unspecified atom stereocenters. The van der Waals surface area contributed by atoms with Crippen molar-refractivity contribution in [2.24, 2.45) is 10.2 Å². The van der Waals surface area contributed by atoms with Crippen LogP contribution < -0.4 is 0 Å². The van der Waals surface area contributed by atoms with E-state index in [-0.39, 0.29) is 11.5 Å². The van der Waals surface area contributed by atoms with Gasteiger partial charge in [0, 0.05) is 10.7 Å². The van der Waals surface area contributed by atoms with Crippen molar-refractivity contribution in [2.75, 3.05) is 0 Å². The Morgan fingerprint density at radius 2 is 2.09 bits per heavy atom. The van der Waals surface area contributed by atoms with Crippen molar-refractivity contribution in [2.45, 2.75) is 6.92 Å². The van der Waals surface area contributed by atoms with Gasteiger partial charge in [0.15, 0.2) is 11.5 Å². The standard InChI is InChI=1S/C15H11BrN4O2/c1-9-4-3-7-20-13(9)17-12(15(21)22)14(20)19-18-11-6-2-5-10(16)8-11/h2-8H,1H3,(H,21,22). The molecule has 0 aliphatic carbocycles. The molecule has 1 N–H and O–H groups in total. The maximum absolute atomic E-state index is 11.4. The second-order valence-electron chi connectivity index (χ2n) is 4.65. The van der Waals surface area contributed by atoms with Gasteiger partial charge in [0.2, 0.25) is 0 Å². The molecule has 22 heavy (non-hydrogen) atoms. The first-order valence-electron chi connectivity index (χ1n) is 6.44. The molecule has 6 nitrogen and oxygen atoms in total. The number of hydrogen-bond acceptors (Lipinski definition) is 4. The monoisotopic (exact) mass is 358 g/mol. The SMILES string of the molecule is Cc1cccn2c(N=Nc3cccc(Br)c3)c(C(=O)O)nc12. The molecular formula is C15H11BrN4O2. The smallest absolute Gasteiger partial charge is 0.358 e. The lowest BCUT2D eigenvalue weighted by atomic mass is 10.3. The fourth-order valence-electron chi connectivity index (χ4n) is 2.07. The Bertz CT molecular complexity index is 902. The summed E-state index contributed by atoms with van der Waals surface area (Å²) in [5.41, 5.74) is 1.93. The summed E-state index contributed by atoms with van der Waals surface area (Å²) in [6.07, 6.45) is 1.72. The molecule has 0 aliphatic heterocycles. The predicted molar refractivity (Wildman–Crippen MR) is 85.2 cm³/mol. The lowest BCUT2D eigenvalue weighted by molar-refractivity contribution is 0.0692. The lowest BCUT2D eigenvalue weighted by Gasteiger charge is -1.98. The number of azo groups is 1. The molecule has 110 valence electrons. The third-order valence-electron chi connectivity index (χ3n) is 3.09. The van der Waals surface area contributed by atoms with Crippen LogP contribution in [0.2, 0.25) is 0 Å². The summed E-state index contributed by atoms with van der Waals surface area (Å²) in [7, 11) is 0. The van der Waals surface area contributed by atoms with Crippen LogP contribution in [-0.4, -0.2) is 20.5 Å². The summed E-state index contributed by atoms with van der Waals surface area (Å²) in [6.45, 7) is 1.86. The molecule has 1 aromatic carbocycles. The Hall–Kier alpha value is -2.54. The highest BCUT2D eigenvalue weighted by Crippen LogP contribution is 2.26. The quantitative estimate of drug-likeness (QED) is 0.699. The minimum Gasteiger partial charge on any atom is -0.476 e. The molecule has 3 aromatic rings. The van der Waals surface area contributed by atoms with E-state index in [0.717, 1.165) is 10.0 Å². The number of benzene rings is 1. The van der Waals surface area contributed by atoms with Crippen molar-refractivity contribution >= 4 is 39.1 Å². The van der Waals surface area contributed by atoms with Gasteiger partial charge < -0.3 is 5.11 Å². The molecule has 2 aromatic heterocycles. The molecule has 0 aliphatic rings. The fourth-order valence-corrected chi connectivity index (χ4v) is 2.46. The minimum atomic E-state index is -1.13. The summed E-state index contributed by atoms with van der Waals surface area (Å²) < 4.78 is 2.50. The van der Waals surface area contributed by atoms with Gasteiger partial charge in [-0.2, -0.15) is 0 Å². The summed E-state index contributed by atoms with van der Waals surface area (Å²) in [6, 6.07) is 11.0. The Labute approximate surface area is 134 Å². The molecular weight excluding hydrogens is 348 g/mol. The number of imidazole rings is 1. The maximum atomic E-state index is 11.4. The molecule has 0 saturated carbocycles. The number of aryl methyl sites for hydroxylation is 1. The van der Waals surface area contributed by atoms with Gasteiger partial charge in [-0.15, -0.1) is 10.2 Å². The number of nitrogens with zero attached hydrogens (tertiary/aromatic N) is 4. The van der Waals surface area contributed by atoms with Crippen LogP contribution >= 0.6 is 15.9 Å². The van der Waals surface area contributed by atoms with E-state index in [1.54, 1.807) is 22.7 Å². The Balaban J connectivity index is 2.15. The van der Waals surface area contributed by atoms with Gasteiger partial charge in [-0.05, 0) is 36.8 Å². The highest BCUT2D eigenvalue weighted by molar-refractivity contribution is 9.10. The lowest BCUT2D eigenvalue weighted by Crippen LogP contribution is -1.96. The molecule has 3 rings (SSSR count). The molecule has 0 bridgehead atoms. The van der Waals surface area contributed by atoms with Crippen molar-refractivity contribution < 1.29 is 9.90 Å². The number of halogens is 1. The van der Waals surface area contributed by atoms with E-state index in [1.807, 2.05) is 31.2 Å². The van der Waals surface area contributed by atoms with Gasteiger partial charge in [0.1, 0.15) is 5.65 Å². The van der Waals surface area contributed by atoms with Gasteiger partial charge in [0.05, 0.1) is 5.69 Å². The molecule has 2 heterocycles. The van der Waals surface area contributed by atoms with Crippen LogP contribution in [0.3, 0.4) is 0 Å². The Kier molecular flexibility index (Phi) is 3.72. The summed E-state index contributed by atoms with van der Waals surface area (Å²) in [5, 5.41) is 17.5. The average molecular weight is 359 g/mol. The van der Waals surface area contributed by atoms with E-state index in [4.69, 9.17) is 0 Å². The zero-order valence-electron chi connectivity index (χ0n) is 11.6. The van der Waals surface area contributed by atoms with Crippen LogP contribution in [-0.2, 0) is 0 Å². The second-order valence-corrected chi connectivity index (χ2v) is 5.57. The van der Waals surface area contributed by atoms with E-state index >= 15 is 0 Å². The van der Waals surface area contributed by atoms with Crippen molar-refractivity contribution in [1.82, 2.24) is 9.38 Å². The highest BCUT2D eigenvalue weighted by atomic mass is 79.9. The molecule has 0 radical (unpaired) electrons. The van der Waals surface area contributed by atoms with Gasteiger partial charge in [0.25, 0.3) is 0 Å². The van der Waals surface area contributed by atoms with Crippen LogP contribution in [0, 0.1) is 6.92 Å². The normalized spacial score (nSPS) is 11.4. The van der Waals surface area contributed by atoms with Gasteiger partial charge in [-0.1, -0.05) is 28.1 Å². The number of carboxylic acids is 1. The first-order valence-corrected chi connectivity index (χ1v) is 7.24. The van der Waals surface area contributed by atoms with Gasteiger partial charge >= 0.3 is 5.97 Å². The molecule has 7 heteroatoms. The Morgan fingerprint density at radius 1 is 1.27 bits per heavy atom. The largest absolute Gasteiger partial charge is 0.476 e. The molecule has 0 amide bonds. The number of aromatic nitrogens is 2. The molecule has 0 spiro atoms. The highest BCUT2D eigenvalue weighted by Gasteiger charge is 2.19. The van der Waals surface area contributed by atoms with Gasteiger partial charge in [-0.25, -0.2) is 9.78 Å². The summed E-state index contributed by atoms with van der Waals surface area (Å²) >= 11 is 3.35. The number of hydrogen-bond donors (Lipinski definition) is 1. The van der Waals surface area contributed by atoms with Crippen molar-refractivity contribution in [3.05, 3.63) is 58.3 Å². The van der Waals surface area contributed by atoms with E-state index in [0.29, 0.717) is 11.3 Å². The first-order chi connectivity index (χ1) is 10.6. The molecule has 0 atom stereocenters. The number of carboxylic acid groups (broad SMARTS) is 1. The van der Waals surface area contributed by atoms with Crippen LogP contribution in [0.15, 0.2) is 57.3 Å². The molecule has 0 fully saturated rings. The predicted octanol–water partition coefficient (Wildman–Crippen LogP) is 4.52. The fraction of sp³-hybridized carbons (Fsp3) is 0.0667. The maximum Gasteiger partial charge on any atom is 0.358 e. The van der Waals surface area contributed by atoms with Crippen molar-refractivity contribution in [3.63, 3.8) is 0 Å². The van der Waals surface area contributed by atoms with E-state index in [2.05, 4.69) is 31.1 Å². The topological polar surface area (TPSA) is 79.3 Å². The van der Waals surface area contributed by atoms with Crippen molar-refractivity contribution in [3.8, 4) is 0 Å². The van der Waals surface area contributed by atoms with Crippen LogP contribution in [0.1, 0.15) is 16.1 Å². The number of carbonyl (C=O) groups is 1. The average Bonchev–Trinajstić information content (AvgIpc) is 2.86. The van der Waals surface area contributed by atoms with E-state index in [1.165, 1.54) is 0 Å². The molecule has 0 saturated heterocycles. The third-order valence-corrected chi connectivity index (χ3v) is 3.58. The number of fused-ring (bicyclic) bond motifs is 1. The zero-order valence-corrected chi connectivity index (χ0v) is 13.1. The van der Waals surface area contributed by atoms with Crippen LogP contribution in [0.5, 0.6) is 0 Å². The third kappa shape index (κ3) is 2.62. The minimum absolute atomic E-state index is 0.118. The number of pyridine rings is 1. The van der Waals surface area contributed by atoms with Crippen molar-refractivity contribution in [1.29, 1.82) is 0 Å².